The number of thiol groups is 1. The molecule has 0 fully saturated rings. The minimum absolute atomic E-state index is 0.0207. The molecule has 0 radical (unpaired) electrons. The predicted molar refractivity (Wildman–Crippen MR) is 70.5 cm³/mol. The van der Waals surface area contributed by atoms with Gasteiger partial charge in [-0.25, -0.2) is 0 Å². The van der Waals surface area contributed by atoms with Crippen molar-refractivity contribution in [3.05, 3.63) is 23.3 Å². The van der Waals surface area contributed by atoms with Crippen LogP contribution in [0.5, 0.6) is 11.5 Å². The number of carboxylic acid groups (broad SMARTS) is 1. The van der Waals surface area contributed by atoms with Crippen molar-refractivity contribution >= 4 is 18.6 Å². The highest BCUT2D eigenvalue weighted by molar-refractivity contribution is 7.81. The Hall–Kier alpha value is -1.36. The summed E-state index contributed by atoms with van der Waals surface area (Å²) in [6.07, 6.45) is 0.607. The van der Waals surface area contributed by atoms with Gasteiger partial charge in [0.25, 0.3) is 0 Å². The van der Waals surface area contributed by atoms with Crippen molar-refractivity contribution in [3.8, 4) is 11.5 Å². The van der Waals surface area contributed by atoms with Crippen molar-refractivity contribution in [1.82, 2.24) is 0 Å². The van der Waals surface area contributed by atoms with E-state index in [0.29, 0.717) is 17.9 Å². The molecule has 0 aromatic heterocycles. The highest BCUT2D eigenvalue weighted by atomic mass is 32.1. The summed E-state index contributed by atoms with van der Waals surface area (Å²) in [7, 11) is 0. The Kier molecular flexibility index (Phi) is 3.43. The van der Waals surface area contributed by atoms with Crippen LogP contribution in [0.15, 0.2) is 12.1 Å². The molecule has 1 aliphatic rings. The van der Waals surface area contributed by atoms with Gasteiger partial charge in [-0.3, -0.25) is 4.79 Å². The second kappa shape index (κ2) is 4.72. The van der Waals surface area contributed by atoms with Crippen LogP contribution < -0.4 is 9.47 Å². The van der Waals surface area contributed by atoms with Gasteiger partial charge in [-0.2, -0.15) is 12.6 Å². The molecule has 1 atom stereocenters. The molecule has 98 valence electrons. The molecule has 1 N–H and O–H groups in total. The van der Waals surface area contributed by atoms with Gasteiger partial charge in [0.05, 0.1) is 6.42 Å². The molecule has 0 spiro atoms. The number of carbonyl (C=O) groups is 1. The van der Waals surface area contributed by atoms with Gasteiger partial charge >= 0.3 is 5.97 Å². The number of ether oxygens (including phenoxy) is 2. The Bertz CT molecular complexity index is 486. The number of carboxylic acids is 1. The van der Waals surface area contributed by atoms with E-state index in [2.05, 4.69) is 12.6 Å². The van der Waals surface area contributed by atoms with E-state index in [4.69, 9.17) is 14.6 Å². The average molecular weight is 268 g/mol. The third-order valence-corrected chi connectivity index (χ3v) is 3.96. The number of fused-ring (bicyclic) bond motifs is 1. The third kappa shape index (κ3) is 2.27. The summed E-state index contributed by atoms with van der Waals surface area (Å²) in [5, 5.41) is 9.02. The van der Waals surface area contributed by atoms with Crippen molar-refractivity contribution in [3.63, 3.8) is 0 Å². The smallest absolute Gasteiger partial charge is 0.305 e. The van der Waals surface area contributed by atoms with Crippen LogP contribution in [-0.2, 0) is 9.54 Å². The van der Waals surface area contributed by atoms with Gasteiger partial charge in [0.2, 0.25) is 6.79 Å². The highest BCUT2D eigenvalue weighted by Crippen LogP contribution is 2.43. The molecule has 1 heterocycles. The second-order valence-corrected chi connectivity index (χ2v) is 5.33. The maximum atomic E-state index is 11.0. The predicted octanol–water partition coefficient (Wildman–Crippen LogP) is 2.73. The molecule has 1 aromatic carbocycles. The monoisotopic (exact) mass is 268 g/mol. The van der Waals surface area contributed by atoms with Crippen LogP contribution in [0.3, 0.4) is 0 Å². The molecule has 0 amide bonds. The van der Waals surface area contributed by atoms with E-state index in [-0.39, 0.29) is 13.2 Å². The fourth-order valence-corrected chi connectivity index (χ4v) is 2.58. The normalized spacial score (nSPS) is 16.4. The molecule has 18 heavy (non-hydrogen) atoms. The van der Waals surface area contributed by atoms with Crippen LogP contribution >= 0.6 is 12.6 Å². The minimum Gasteiger partial charge on any atom is -0.481 e. The van der Waals surface area contributed by atoms with Gasteiger partial charge in [0.1, 0.15) is 0 Å². The lowest BCUT2D eigenvalue weighted by Crippen LogP contribution is -2.23. The van der Waals surface area contributed by atoms with E-state index in [1.807, 2.05) is 26.0 Å². The zero-order valence-corrected chi connectivity index (χ0v) is 11.3. The van der Waals surface area contributed by atoms with Crippen LogP contribution in [-0.4, -0.2) is 17.9 Å². The fourth-order valence-electron chi connectivity index (χ4n) is 2.21. The van der Waals surface area contributed by atoms with E-state index in [0.717, 1.165) is 11.1 Å². The number of hydrogen-bond donors (Lipinski definition) is 2. The summed E-state index contributed by atoms with van der Waals surface area (Å²) in [5.41, 5.74) is 1.86. The molecule has 1 aliphatic heterocycles. The summed E-state index contributed by atoms with van der Waals surface area (Å²) in [6, 6.07) is 3.72. The number of aryl methyl sites for hydroxylation is 1. The third-order valence-electron chi connectivity index (χ3n) is 3.25. The Morgan fingerprint density at radius 3 is 2.61 bits per heavy atom. The van der Waals surface area contributed by atoms with Gasteiger partial charge in [-0.1, -0.05) is 6.92 Å². The Morgan fingerprint density at radius 1 is 1.44 bits per heavy atom. The Morgan fingerprint density at radius 2 is 2.06 bits per heavy atom. The lowest BCUT2D eigenvalue weighted by molar-refractivity contribution is -0.137. The van der Waals surface area contributed by atoms with E-state index >= 15 is 0 Å². The molecule has 1 unspecified atom stereocenters. The van der Waals surface area contributed by atoms with Crippen molar-refractivity contribution in [2.75, 3.05) is 6.79 Å². The van der Waals surface area contributed by atoms with Crippen LogP contribution in [0.4, 0.5) is 0 Å². The first-order chi connectivity index (χ1) is 8.46. The summed E-state index contributed by atoms with van der Waals surface area (Å²) < 4.78 is 9.95. The fraction of sp³-hybridized carbons (Fsp3) is 0.462. The summed E-state index contributed by atoms with van der Waals surface area (Å²) >= 11 is 4.58. The van der Waals surface area contributed by atoms with Crippen LogP contribution in [0.25, 0.3) is 0 Å². The lowest BCUT2D eigenvalue weighted by Gasteiger charge is -2.28. The van der Waals surface area contributed by atoms with Crippen LogP contribution in [0.2, 0.25) is 0 Å². The van der Waals surface area contributed by atoms with E-state index in [1.165, 1.54) is 0 Å². The zero-order valence-electron chi connectivity index (χ0n) is 10.4. The standard InChI is InChI=1S/C13H16O4S/c1-3-13(18,6-12(14)15)9-5-11-10(4-8(9)2)16-7-17-11/h4-5,18H,3,6-7H2,1-2H3,(H,14,15). The van der Waals surface area contributed by atoms with E-state index < -0.39 is 10.7 Å². The first-order valence-corrected chi connectivity index (χ1v) is 6.26. The zero-order chi connectivity index (χ0) is 13.3. The molecule has 0 saturated heterocycles. The number of rotatable bonds is 4. The molecular weight excluding hydrogens is 252 g/mol. The topological polar surface area (TPSA) is 55.8 Å². The Labute approximate surface area is 111 Å². The SMILES string of the molecule is CCC(S)(CC(=O)O)c1cc2c(cc1C)OCO2. The lowest BCUT2D eigenvalue weighted by atomic mass is 9.88. The highest BCUT2D eigenvalue weighted by Gasteiger charge is 2.32. The number of benzene rings is 1. The van der Waals surface area contributed by atoms with Crippen molar-refractivity contribution in [2.45, 2.75) is 31.4 Å². The van der Waals surface area contributed by atoms with Crippen molar-refractivity contribution < 1.29 is 19.4 Å². The maximum absolute atomic E-state index is 11.0. The number of hydrogen-bond acceptors (Lipinski definition) is 4. The number of aliphatic carboxylic acids is 1. The first-order valence-electron chi connectivity index (χ1n) is 5.81. The molecule has 0 bridgehead atoms. The molecular formula is C13H16O4S. The second-order valence-electron chi connectivity index (χ2n) is 4.48. The summed E-state index contributed by atoms with van der Waals surface area (Å²) in [6.45, 7) is 4.07. The van der Waals surface area contributed by atoms with Crippen molar-refractivity contribution in [2.24, 2.45) is 0 Å². The molecule has 2 rings (SSSR count). The van der Waals surface area contributed by atoms with Gasteiger partial charge in [0.15, 0.2) is 11.5 Å². The molecule has 4 nitrogen and oxygen atoms in total. The van der Waals surface area contributed by atoms with Crippen LogP contribution in [0.1, 0.15) is 30.9 Å². The van der Waals surface area contributed by atoms with Gasteiger partial charge in [0, 0.05) is 4.75 Å². The van der Waals surface area contributed by atoms with E-state index in [9.17, 15) is 4.79 Å². The Balaban J connectivity index is 2.45. The summed E-state index contributed by atoms with van der Waals surface area (Å²) in [4.78, 5) is 11.0. The molecule has 0 aliphatic carbocycles. The quantitative estimate of drug-likeness (QED) is 0.824. The molecule has 1 aromatic rings. The van der Waals surface area contributed by atoms with Gasteiger partial charge < -0.3 is 14.6 Å². The van der Waals surface area contributed by atoms with E-state index in [1.54, 1.807) is 0 Å². The maximum Gasteiger partial charge on any atom is 0.305 e. The summed E-state index contributed by atoms with van der Waals surface area (Å²) in [5.74, 6) is 0.509. The molecule has 0 saturated carbocycles. The average Bonchev–Trinajstić information content (AvgIpc) is 2.73. The van der Waals surface area contributed by atoms with Crippen molar-refractivity contribution in [1.29, 1.82) is 0 Å². The first kappa shape index (κ1) is 13.1. The van der Waals surface area contributed by atoms with Crippen LogP contribution in [0, 0.1) is 6.92 Å². The van der Waals surface area contributed by atoms with Gasteiger partial charge in [-0.15, -0.1) is 0 Å². The minimum atomic E-state index is -0.857. The largest absolute Gasteiger partial charge is 0.481 e. The molecule has 5 heteroatoms. The van der Waals surface area contributed by atoms with Gasteiger partial charge in [-0.05, 0) is 36.6 Å².